The van der Waals surface area contributed by atoms with E-state index in [0.29, 0.717) is 19.1 Å². The van der Waals surface area contributed by atoms with Crippen LogP contribution in [0.1, 0.15) is 31.3 Å². The van der Waals surface area contributed by atoms with Gasteiger partial charge in [-0.2, -0.15) is 0 Å². The van der Waals surface area contributed by atoms with Gasteiger partial charge in [-0.25, -0.2) is 0 Å². The normalized spacial score (nSPS) is 15.6. The van der Waals surface area contributed by atoms with Gasteiger partial charge in [0.05, 0.1) is 13.2 Å². The van der Waals surface area contributed by atoms with Crippen molar-refractivity contribution in [2.45, 2.75) is 26.7 Å². The highest BCUT2D eigenvalue weighted by molar-refractivity contribution is 5.23. The summed E-state index contributed by atoms with van der Waals surface area (Å²) in [5.41, 5.74) is 2.35. The minimum Gasteiger partial charge on any atom is -0.381 e. The second kappa shape index (κ2) is 8.37. The average Bonchev–Trinajstić information content (AvgIpc) is 2.42. The molecule has 0 radical (unpaired) electrons. The second-order valence-corrected chi connectivity index (χ2v) is 5.02. The highest BCUT2D eigenvalue weighted by Crippen LogP contribution is 2.19. The minimum atomic E-state index is -0.251. The Labute approximate surface area is 121 Å². The molecule has 0 amide bonds. The molecular weight excluding hydrogens is 254 g/mol. The van der Waals surface area contributed by atoms with Gasteiger partial charge in [-0.15, -0.1) is 0 Å². The Morgan fingerprint density at radius 3 is 2.30 bits per heavy atom. The molecule has 1 aromatic rings. The fourth-order valence-corrected chi connectivity index (χ4v) is 2.16. The molecule has 0 atom stereocenters. The first-order valence-corrected chi connectivity index (χ1v) is 7.44. The monoisotopic (exact) mass is 279 g/mol. The summed E-state index contributed by atoms with van der Waals surface area (Å²) < 4.78 is 16.3. The Bertz CT molecular complexity index is 370. The van der Waals surface area contributed by atoms with Crippen molar-refractivity contribution in [1.29, 1.82) is 0 Å². The van der Waals surface area contributed by atoms with Crippen molar-refractivity contribution in [1.82, 2.24) is 5.32 Å². The van der Waals surface area contributed by atoms with Crippen molar-refractivity contribution < 1.29 is 14.2 Å². The Morgan fingerprint density at radius 2 is 1.80 bits per heavy atom. The van der Waals surface area contributed by atoms with E-state index in [1.165, 1.54) is 5.56 Å². The molecular formula is C16H25NO3. The van der Waals surface area contributed by atoms with Crippen molar-refractivity contribution in [2.75, 3.05) is 33.0 Å². The summed E-state index contributed by atoms with van der Waals surface area (Å²) in [6.45, 7) is 8.98. The lowest BCUT2D eigenvalue weighted by atomic mass is 10.1. The van der Waals surface area contributed by atoms with E-state index in [1.54, 1.807) is 0 Å². The van der Waals surface area contributed by atoms with Crippen LogP contribution in [0, 0.1) is 5.92 Å². The summed E-state index contributed by atoms with van der Waals surface area (Å²) in [5.74, 6) is 0.689. The Morgan fingerprint density at radius 1 is 1.15 bits per heavy atom. The molecule has 0 aromatic heterocycles. The zero-order valence-corrected chi connectivity index (χ0v) is 12.4. The number of hydrogen-bond donors (Lipinski definition) is 1. The average molecular weight is 279 g/mol. The van der Waals surface area contributed by atoms with E-state index in [1.807, 2.05) is 13.8 Å². The van der Waals surface area contributed by atoms with Crippen molar-refractivity contribution in [3.63, 3.8) is 0 Å². The van der Waals surface area contributed by atoms with E-state index >= 15 is 0 Å². The highest BCUT2D eigenvalue weighted by atomic mass is 16.7. The van der Waals surface area contributed by atoms with Gasteiger partial charge < -0.3 is 19.5 Å². The quantitative estimate of drug-likeness (QED) is 0.705. The molecule has 2 rings (SSSR count). The van der Waals surface area contributed by atoms with Crippen LogP contribution in [0.15, 0.2) is 24.3 Å². The van der Waals surface area contributed by atoms with E-state index in [-0.39, 0.29) is 6.29 Å². The van der Waals surface area contributed by atoms with Crippen molar-refractivity contribution in [3.8, 4) is 0 Å². The molecule has 112 valence electrons. The predicted octanol–water partition coefficient (Wildman–Crippen LogP) is 2.49. The van der Waals surface area contributed by atoms with Gasteiger partial charge in [-0.05, 0) is 19.4 Å². The lowest BCUT2D eigenvalue weighted by Gasteiger charge is -2.26. The maximum Gasteiger partial charge on any atom is 0.183 e. The number of nitrogens with one attached hydrogen (secondary N) is 1. The summed E-state index contributed by atoms with van der Waals surface area (Å²) in [6.07, 6.45) is -0.251. The maximum absolute atomic E-state index is 5.59. The molecule has 1 heterocycles. The summed E-state index contributed by atoms with van der Waals surface area (Å²) in [7, 11) is 0. The van der Waals surface area contributed by atoms with Gasteiger partial charge in [0.15, 0.2) is 6.29 Å². The molecule has 4 nitrogen and oxygen atoms in total. The Kier molecular flexibility index (Phi) is 6.47. The van der Waals surface area contributed by atoms with E-state index in [9.17, 15) is 0 Å². The summed E-state index contributed by atoms with van der Waals surface area (Å²) >= 11 is 0. The lowest BCUT2D eigenvalue weighted by molar-refractivity contribution is -0.140. The molecule has 1 aromatic carbocycles. The SMILES string of the molecule is CCOC(OCC)c1ccc(CNCC2COC2)cc1. The maximum atomic E-state index is 5.59. The molecule has 0 saturated carbocycles. The summed E-state index contributed by atoms with van der Waals surface area (Å²) in [6, 6.07) is 8.42. The first-order chi connectivity index (χ1) is 9.83. The van der Waals surface area contributed by atoms with Crippen LogP contribution in [0.3, 0.4) is 0 Å². The van der Waals surface area contributed by atoms with Gasteiger partial charge in [0.2, 0.25) is 0 Å². The summed E-state index contributed by atoms with van der Waals surface area (Å²) in [5, 5.41) is 3.46. The largest absolute Gasteiger partial charge is 0.381 e. The highest BCUT2D eigenvalue weighted by Gasteiger charge is 2.17. The van der Waals surface area contributed by atoms with Gasteiger partial charge >= 0.3 is 0 Å². The molecule has 1 aliphatic heterocycles. The van der Waals surface area contributed by atoms with Crippen LogP contribution in [0.5, 0.6) is 0 Å². The third-order valence-electron chi connectivity index (χ3n) is 3.36. The summed E-state index contributed by atoms with van der Waals surface area (Å²) in [4.78, 5) is 0. The van der Waals surface area contributed by atoms with Crippen LogP contribution in [0.4, 0.5) is 0 Å². The van der Waals surface area contributed by atoms with Crippen LogP contribution in [0.25, 0.3) is 0 Å². The molecule has 1 N–H and O–H groups in total. The van der Waals surface area contributed by atoms with Gasteiger partial charge in [-0.1, -0.05) is 24.3 Å². The minimum absolute atomic E-state index is 0.251. The van der Waals surface area contributed by atoms with Gasteiger partial charge in [-0.3, -0.25) is 0 Å². The smallest absolute Gasteiger partial charge is 0.183 e. The van der Waals surface area contributed by atoms with E-state index in [4.69, 9.17) is 14.2 Å². The first-order valence-electron chi connectivity index (χ1n) is 7.44. The van der Waals surface area contributed by atoms with Gasteiger partial charge in [0, 0.05) is 37.8 Å². The van der Waals surface area contributed by atoms with Crippen LogP contribution < -0.4 is 5.32 Å². The molecule has 1 aliphatic rings. The van der Waals surface area contributed by atoms with Crippen molar-refractivity contribution >= 4 is 0 Å². The van der Waals surface area contributed by atoms with Crippen LogP contribution in [-0.2, 0) is 20.8 Å². The second-order valence-electron chi connectivity index (χ2n) is 5.02. The Balaban J connectivity index is 1.80. The zero-order chi connectivity index (χ0) is 14.2. The number of rotatable bonds is 9. The molecule has 1 saturated heterocycles. The zero-order valence-electron chi connectivity index (χ0n) is 12.4. The fourth-order valence-electron chi connectivity index (χ4n) is 2.16. The van der Waals surface area contributed by atoms with Gasteiger partial charge in [0.25, 0.3) is 0 Å². The predicted molar refractivity (Wildman–Crippen MR) is 78.5 cm³/mol. The molecule has 0 unspecified atom stereocenters. The number of benzene rings is 1. The first kappa shape index (κ1) is 15.4. The third kappa shape index (κ3) is 4.56. The van der Waals surface area contributed by atoms with Crippen LogP contribution in [0.2, 0.25) is 0 Å². The standard InChI is InChI=1S/C16H25NO3/c1-3-19-16(20-4-2)15-7-5-13(6-8-15)9-17-10-14-11-18-12-14/h5-8,14,16-17H,3-4,9-12H2,1-2H3. The molecule has 4 heteroatoms. The van der Waals surface area contributed by atoms with Gasteiger partial charge in [0.1, 0.15) is 0 Å². The molecule has 20 heavy (non-hydrogen) atoms. The number of hydrogen-bond acceptors (Lipinski definition) is 4. The van der Waals surface area contributed by atoms with Crippen LogP contribution in [-0.4, -0.2) is 33.0 Å². The van der Waals surface area contributed by atoms with E-state index in [0.717, 1.165) is 31.9 Å². The van der Waals surface area contributed by atoms with Crippen LogP contribution >= 0.6 is 0 Å². The molecule has 1 fully saturated rings. The fraction of sp³-hybridized carbons (Fsp3) is 0.625. The van der Waals surface area contributed by atoms with Crippen molar-refractivity contribution in [3.05, 3.63) is 35.4 Å². The third-order valence-corrected chi connectivity index (χ3v) is 3.36. The topological polar surface area (TPSA) is 39.7 Å². The molecule has 0 spiro atoms. The molecule has 0 bridgehead atoms. The van der Waals surface area contributed by atoms with E-state index < -0.39 is 0 Å². The number of ether oxygens (including phenoxy) is 3. The van der Waals surface area contributed by atoms with E-state index in [2.05, 4.69) is 29.6 Å². The van der Waals surface area contributed by atoms with Crippen molar-refractivity contribution in [2.24, 2.45) is 5.92 Å². The Hall–Kier alpha value is -0.940. The molecule has 0 aliphatic carbocycles. The lowest BCUT2D eigenvalue weighted by Crippen LogP contribution is -2.36.